The van der Waals surface area contributed by atoms with Crippen LogP contribution in [-0.2, 0) is 12.8 Å². The summed E-state index contributed by atoms with van der Waals surface area (Å²) < 4.78 is 0. The summed E-state index contributed by atoms with van der Waals surface area (Å²) in [6, 6.07) is 16.7. The van der Waals surface area contributed by atoms with Gasteiger partial charge in [-0.05, 0) is 36.1 Å². The van der Waals surface area contributed by atoms with E-state index in [-0.39, 0.29) is 12.1 Å². The van der Waals surface area contributed by atoms with Gasteiger partial charge in [0.2, 0.25) is 0 Å². The first kappa shape index (κ1) is 19.5. The molecule has 4 nitrogen and oxygen atoms in total. The molecule has 6 heteroatoms. The van der Waals surface area contributed by atoms with Crippen LogP contribution in [0.4, 0.5) is 0 Å². The first-order valence-corrected chi connectivity index (χ1v) is 10.8. The highest BCUT2D eigenvalue weighted by atomic mass is 32.1. The maximum absolute atomic E-state index is 6.29. The highest BCUT2D eigenvalue weighted by Gasteiger charge is 2.21. The highest BCUT2D eigenvalue weighted by molar-refractivity contribution is 7.80. The van der Waals surface area contributed by atoms with Gasteiger partial charge in [0.25, 0.3) is 0 Å². The molecule has 0 radical (unpaired) electrons. The third-order valence-electron chi connectivity index (χ3n) is 5.28. The van der Waals surface area contributed by atoms with Crippen molar-refractivity contribution in [1.82, 2.24) is 9.97 Å². The Morgan fingerprint density at radius 3 is 1.46 bits per heavy atom. The Morgan fingerprint density at radius 2 is 1.07 bits per heavy atom. The fourth-order valence-electron chi connectivity index (χ4n) is 3.90. The van der Waals surface area contributed by atoms with Gasteiger partial charge in [-0.15, -0.1) is 0 Å². The number of para-hydroxylation sites is 2. The van der Waals surface area contributed by atoms with Gasteiger partial charge in [-0.2, -0.15) is 25.3 Å². The van der Waals surface area contributed by atoms with E-state index >= 15 is 0 Å². The van der Waals surface area contributed by atoms with E-state index in [1.807, 2.05) is 12.1 Å². The van der Waals surface area contributed by atoms with Crippen molar-refractivity contribution in [3.63, 3.8) is 0 Å². The Bertz CT molecular complexity index is 1010. The van der Waals surface area contributed by atoms with Crippen molar-refractivity contribution in [2.75, 3.05) is 11.5 Å². The van der Waals surface area contributed by atoms with Crippen LogP contribution in [0.1, 0.15) is 11.1 Å². The molecule has 4 aromatic rings. The lowest BCUT2D eigenvalue weighted by molar-refractivity contribution is 0.750. The Morgan fingerprint density at radius 1 is 0.679 bits per heavy atom. The Labute approximate surface area is 175 Å². The number of aromatic amines is 2. The number of benzene rings is 2. The number of H-pyrrole nitrogens is 2. The quantitative estimate of drug-likeness (QED) is 0.261. The number of aromatic nitrogens is 2. The number of nitrogens with two attached hydrogens (primary N) is 2. The van der Waals surface area contributed by atoms with Gasteiger partial charge >= 0.3 is 0 Å². The standard InChI is InChI=1S/C22H26N4S2/c23-13(11-27)9-17-15-5-1-3-7-19(15)25-21(17)22-18(10-14(24)12-28)16-6-2-4-8-20(16)26-22/h1-8,13-14,25-28H,9-12,23-24H2/t13-,14?/m1/s1. The van der Waals surface area contributed by atoms with Crippen LogP contribution in [-0.4, -0.2) is 33.6 Å². The van der Waals surface area contributed by atoms with Gasteiger partial charge in [0, 0.05) is 45.4 Å². The molecule has 0 saturated carbocycles. The maximum atomic E-state index is 6.29. The van der Waals surface area contributed by atoms with Crippen LogP contribution in [0.3, 0.4) is 0 Å². The number of hydrogen-bond donors (Lipinski definition) is 6. The second kappa shape index (κ2) is 8.25. The van der Waals surface area contributed by atoms with E-state index < -0.39 is 0 Å². The van der Waals surface area contributed by atoms with Crippen molar-refractivity contribution in [1.29, 1.82) is 0 Å². The molecular weight excluding hydrogens is 384 g/mol. The topological polar surface area (TPSA) is 83.6 Å². The summed E-state index contributed by atoms with van der Waals surface area (Å²) in [5.74, 6) is 1.28. The van der Waals surface area contributed by atoms with Crippen molar-refractivity contribution < 1.29 is 0 Å². The largest absolute Gasteiger partial charge is 0.353 e. The average molecular weight is 411 g/mol. The molecule has 0 amide bonds. The predicted molar refractivity (Wildman–Crippen MR) is 127 cm³/mol. The smallest absolute Gasteiger partial charge is 0.0666 e. The second-order valence-corrected chi connectivity index (χ2v) is 8.07. The molecule has 0 aliphatic heterocycles. The van der Waals surface area contributed by atoms with E-state index in [2.05, 4.69) is 71.6 Å². The van der Waals surface area contributed by atoms with Gasteiger partial charge in [0.05, 0.1) is 11.4 Å². The first-order valence-electron chi connectivity index (χ1n) is 9.54. The molecule has 1 unspecified atom stereocenters. The van der Waals surface area contributed by atoms with Crippen LogP contribution >= 0.6 is 25.3 Å². The van der Waals surface area contributed by atoms with Gasteiger partial charge in [-0.1, -0.05) is 36.4 Å². The van der Waals surface area contributed by atoms with Crippen molar-refractivity contribution in [3.05, 3.63) is 59.7 Å². The van der Waals surface area contributed by atoms with E-state index in [0.717, 1.165) is 35.3 Å². The summed E-state index contributed by atoms with van der Waals surface area (Å²) in [5.41, 5.74) is 19.4. The minimum Gasteiger partial charge on any atom is -0.353 e. The van der Waals surface area contributed by atoms with Crippen LogP contribution in [0.2, 0.25) is 0 Å². The molecule has 6 N–H and O–H groups in total. The van der Waals surface area contributed by atoms with Crippen LogP contribution in [0.15, 0.2) is 48.5 Å². The maximum Gasteiger partial charge on any atom is 0.0666 e. The van der Waals surface area contributed by atoms with E-state index in [4.69, 9.17) is 11.5 Å². The molecule has 0 bridgehead atoms. The van der Waals surface area contributed by atoms with Crippen molar-refractivity contribution in [2.45, 2.75) is 24.9 Å². The summed E-state index contributed by atoms with van der Waals surface area (Å²) in [6.07, 6.45) is 1.52. The normalized spacial score (nSPS) is 14.0. The summed E-state index contributed by atoms with van der Waals surface area (Å²) in [7, 11) is 0. The molecule has 2 aromatic carbocycles. The zero-order chi connectivity index (χ0) is 19.7. The summed E-state index contributed by atoms with van der Waals surface area (Å²) in [5, 5.41) is 2.41. The lowest BCUT2D eigenvalue weighted by Gasteiger charge is -2.13. The van der Waals surface area contributed by atoms with Crippen molar-refractivity contribution in [3.8, 4) is 11.4 Å². The van der Waals surface area contributed by atoms with E-state index in [1.54, 1.807) is 0 Å². The molecule has 0 fully saturated rings. The number of hydrogen-bond acceptors (Lipinski definition) is 4. The van der Waals surface area contributed by atoms with E-state index in [0.29, 0.717) is 11.5 Å². The molecule has 4 rings (SSSR count). The van der Waals surface area contributed by atoms with Crippen LogP contribution in [0, 0.1) is 0 Å². The van der Waals surface area contributed by atoms with Crippen molar-refractivity contribution >= 4 is 47.1 Å². The van der Waals surface area contributed by atoms with Gasteiger partial charge in [0.1, 0.15) is 0 Å². The van der Waals surface area contributed by atoms with Gasteiger partial charge in [0.15, 0.2) is 0 Å². The van der Waals surface area contributed by atoms with E-state index in [9.17, 15) is 0 Å². The number of rotatable bonds is 7. The summed E-state index contributed by atoms with van der Waals surface area (Å²) >= 11 is 8.79. The Balaban J connectivity index is 1.95. The SMILES string of the molecule is NC(CS)Cc1c(-c2[nH]c3ccccc3c2C[C@@H](N)CS)[nH]c2ccccc12. The number of thiol groups is 2. The van der Waals surface area contributed by atoms with Crippen LogP contribution < -0.4 is 11.5 Å². The molecule has 2 heterocycles. The van der Waals surface area contributed by atoms with Crippen LogP contribution in [0.5, 0.6) is 0 Å². The molecule has 2 atom stereocenters. The Hall–Kier alpha value is -1.86. The summed E-state index contributed by atoms with van der Waals surface area (Å²) in [6.45, 7) is 0. The van der Waals surface area contributed by atoms with Gasteiger partial charge < -0.3 is 21.4 Å². The lowest BCUT2D eigenvalue weighted by atomic mass is 9.97. The lowest BCUT2D eigenvalue weighted by Crippen LogP contribution is -2.25. The monoisotopic (exact) mass is 410 g/mol. The third-order valence-corrected chi connectivity index (χ3v) is 6.22. The molecule has 28 heavy (non-hydrogen) atoms. The zero-order valence-electron chi connectivity index (χ0n) is 15.7. The second-order valence-electron chi connectivity index (χ2n) is 7.34. The van der Waals surface area contributed by atoms with Crippen LogP contribution in [0.25, 0.3) is 33.2 Å². The minimum absolute atomic E-state index is 0.00573. The van der Waals surface area contributed by atoms with Gasteiger partial charge in [-0.3, -0.25) is 0 Å². The average Bonchev–Trinajstić information content (AvgIpc) is 3.26. The van der Waals surface area contributed by atoms with Gasteiger partial charge in [-0.25, -0.2) is 0 Å². The third kappa shape index (κ3) is 3.57. The molecule has 0 aliphatic carbocycles. The Kier molecular flexibility index (Phi) is 5.73. The highest BCUT2D eigenvalue weighted by Crippen LogP contribution is 2.36. The molecule has 0 aliphatic rings. The minimum atomic E-state index is -0.00573. The van der Waals surface area contributed by atoms with Crippen molar-refractivity contribution in [2.24, 2.45) is 11.5 Å². The molecule has 0 spiro atoms. The predicted octanol–water partition coefficient (Wildman–Crippen LogP) is 3.92. The molecular formula is C22H26N4S2. The molecule has 146 valence electrons. The molecule has 2 aromatic heterocycles. The molecule has 0 saturated heterocycles. The fraction of sp³-hybridized carbons (Fsp3) is 0.273. The fourth-order valence-corrected chi connectivity index (χ4v) is 4.16. The number of fused-ring (bicyclic) bond motifs is 2. The van der Waals surface area contributed by atoms with E-state index in [1.165, 1.54) is 21.9 Å². The number of nitrogens with one attached hydrogen (secondary N) is 2. The first-order chi connectivity index (χ1) is 13.6. The zero-order valence-corrected chi connectivity index (χ0v) is 17.4. The summed E-state index contributed by atoms with van der Waals surface area (Å²) in [4.78, 5) is 7.26.